The number of thioether (sulfide) groups is 1. The van der Waals surface area contributed by atoms with Gasteiger partial charge in [0.15, 0.2) is 29.1 Å². The van der Waals surface area contributed by atoms with E-state index in [0.717, 1.165) is 11.8 Å². The van der Waals surface area contributed by atoms with Crippen LogP contribution in [0, 0.1) is 5.82 Å². The molecular formula is C27H22FN3O7S. The third-order valence-electron chi connectivity index (χ3n) is 5.47. The molecule has 0 saturated carbocycles. The number of phenolic OH excluding ortho intramolecular Hbond substituents is 1. The monoisotopic (exact) mass is 551 g/mol. The molecule has 0 aromatic heterocycles. The first-order valence-corrected chi connectivity index (χ1v) is 12.3. The Bertz CT molecular complexity index is 1440. The molecule has 3 aromatic rings. The summed E-state index contributed by atoms with van der Waals surface area (Å²) in [7, 11) is 1.41. The van der Waals surface area contributed by atoms with Crippen LogP contribution in [0.3, 0.4) is 0 Å². The number of ether oxygens (including phenoxy) is 2. The Morgan fingerprint density at radius 1 is 1.08 bits per heavy atom. The van der Waals surface area contributed by atoms with Gasteiger partial charge in [0.05, 0.1) is 24.3 Å². The van der Waals surface area contributed by atoms with Crippen molar-refractivity contribution in [2.24, 2.45) is 10.2 Å². The number of benzene rings is 3. The lowest BCUT2D eigenvalue weighted by molar-refractivity contribution is -0.139. The number of rotatable bonds is 10. The second-order valence-corrected chi connectivity index (χ2v) is 9.32. The van der Waals surface area contributed by atoms with Crippen LogP contribution in [0.25, 0.3) is 0 Å². The highest BCUT2D eigenvalue weighted by Crippen LogP contribution is 2.35. The van der Waals surface area contributed by atoms with Crippen LogP contribution >= 0.6 is 11.8 Å². The van der Waals surface area contributed by atoms with E-state index in [2.05, 4.69) is 10.2 Å². The number of amidine groups is 1. The molecule has 2 N–H and O–H groups in total. The van der Waals surface area contributed by atoms with E-state index >= 15 is 0 Å². The molecular weight excluding hydrogens is 529 g/mol. The van der Waals surface area contributed by atoms with Crippen LogP contribution in [0.15, 0.2) is 76.9 Å². The maximum atomic E-state index is 13.3. The quantitative estimate of drug-likeness (QED) is 0.218. The number of aliphatic carboxylic acids is 1. The van der Waals surface area contributed by atoms with E-state index in [0.29, 0.717) is 17.0 Å². The Morgan fingerprint density at radius 3 is 2.46 bits per heavy atom. The molecule has 0 bridgehead atoms. The van der Waals surface area contributed by atoms with Crippen molar-refractivity contribution in [3.63, 3.8) is 0 Å². The van der Waals surface area contributed by atoms with Gasteiger partial charge < -0.3 is 19.7 Å². The number of amides is 1. The van der Waals surface area contributed by atoms with Crippen molar-refractivity contribution >= 4 is 46.5 Å². The lowest BCUT2D eigenvalue weighted by Gasteiger charge is -2.15. The molecule has 4 rings (SSSR count). The summed E-state index contributed by atoms with van der Waals surface area (Å²) in [6.45, 7) is -0.527. The molecule has 39 heavy (non-hydrogen) atoms. The number of carboxylic acid groups (broad SMARTS) is 1. The topological polar surface area (TPSA) is 138 Å². The van der Waals surface area contributed by atoms with Gasteiger partial charge in [0.25, 0.3) is 0 Å². The lowest BCUT2D eigenvalue weighted by Crippen LogP contribution is -2.32. The fourth-order valence-electron chi connectivity index (χ4n) is 3.60. The Balaban J connectivity index is 1.57. The first-order valence-electron chi connectivity index (χ1n) is 11.5. The number of carboxylic acids is 1. The minimum absolute atomic E-state index is 0.0160. The fourth-order valence-corrected chi connectivity index (χ4v) is 4.69. The number of aromatic hydroxyl groups is 1. The number of Topliss-reactive ketones (excluding diaryl/α,β-unsaturated/α-hetero) is 1. The van der Waals surface area contributed by atoms with Crippen LogP contribution in [0.5, 0.6) is 17.2 Å². The molecule has 1 amide bonds. The van der Waals surface area contributed by atoms with Gasteiger partial charge in [-0.25, -0.2) is 9.18 Å². The first kappa shape index (κ1) is 27.3. The van der Waals surface area contributed by atoms with E-state index in [-0.39, 0.29) is 34.4 Å². The maximum absolute atomic E-state index is 13.3. The third-order valence-corrected chi connectivity index (χ3v) is 6.60. The van der Waals surface area contributed by atoms with Crippen LogP contribution < -0.4 is 14.4 Å². The SMILES string of the molecule is COc1cc(/C=N/N=C2\SC(CC(=O)c3ccc(F)cc3)C(=O)N2c2ccc(O)cc2)ccc1OCC(=O)O. The molecule has 1 aliphatic rings. The molecule has 3 aromatic carbocycles. The van der Waals surface area contributed by atoms with Crippen LogP contribution in [0.2, 0.25) is 0 Å². The number of phenols is 1. The summed E-state index contributed by atoms with van der Waals surface area (Å²) in [5.74, 6) is -1.76. The lowest BCUT2D eigenvalue weighted by atomic mass is 10.1. The number of anilines is 1. The summed E-state index contributed by atoms with van der Waals surface area (Å²) < 4.78 is 23.7. The molecule has 1 saturated heterocycles. The van der Waals surface area contributed by atoms with Crippen LogP contribution in [-0.4, -0.2) is 58.2 Å². The molecule has 1 unspecified atom stereocenters. The van der Waals surface area contributed by atoms with E-state index in [1.54, 1.807) is 12.1 Å². The second-order valence-electron chi connectivity index (χ2n) is 8.15. The van der Waals surface area contributed by atoms with E-state index < -0.39 is 29.6 Å². The van der Waals surface area contributed by atoms with Gasteiger partial charge in [-0.3, -0.25) is 14.5 Å². The zero-order chi connectivity index (χ0) is 27.9. The molecule has 12 heteroatoms. The number of methoxy groups -OCH3 is 1. The van der Waals surface area contributed by atoms with Crippen molar-refractivity contribution in [2.45, 2.75) is 11.7 Å². The van der Waals surface area contributed by atoms with Crippen LogP contribution in [0.1, 0.15) is 22.3 Å². The average Bonchev–Trinajstić information content (AvgIpc) is 3.22. The largest absolute Gasteiger partial charge is 0.508 e. The van der Waals surface area contributed by atoms with E-state index in [1.807, 2.05) is 0 Å². The molecule has 1 aliphatic heterocycles. The third kappa shape index (κ3) is 6.79. The van der Waals surface area contributed by atoms with E-state index in [9.17, 15) is 23.9 Å². The summed E-state index contributed by atoms with van der Waals surface area (Å²) in [4.78, 5) is 38.1. The van der Waals surface area contributed by atoms with Crippen molar-refractivity contribution in [1.29, 1.82) is 0 Å². The number of ketones is 1. The van der Waals surface area contributed by atoms with Crippen molar-refractivity contribution in [3.8, 4) is 17.2 Å². The molecule has 1 heterocycles. The average molecular weight is 552 g/mol. The number of halogens is 1. The Kier molecular flexibility index (Phi) is 8.56. The van der Waals surface area contributed by atoms with Crippen LogP contribution in [-0.2, 0) is 9.59 Å². The van der Waals surface area contributed by atoms with Crippen molar-refractivity contribution in [2.75, 3.05) is 18.6 Å². The summed E-state index contributed by atoms with van der Waals surface area (Å²) in [6, 6.07) is 15.8. The summed E-state index contributed by atoms with van der Waals surface area (Å²) in [5.41, 5.74) is 1.28. The summed E-state index contributed by atoms with van der Waals surface area (Å²) in [5, 5.41) is 26.2. The van der Waals surface area contributed by atoms with Gasteiger partial charge >= 0.3 is 5.97 Å². The van der Waals surface area contributed by atoms with E-state index in [4.69, 9.17) is 14.6 Å². The predicted octanol–water partition coefficient (Wildman–Crippen LogP) is 4.11. The van der Waals surface area contributed by atoms with Gasteiger partial charge in [-0.05, 0) is 72.3 Å². The minimum atomic E-state index is -1.13. The fraction of sp³-hybridized carbons (Fsp3) is 0.148. The number of hydrogen-bond acceptors (Lipinski definition) is 9. The molecule has 1 atom stereocenters. The smallest absolute Gasteiger partial charge is 0.341 e. The highest BCUT2D eigenvalue weighted by Gasteiger charge is 2.40. The van der Waals surface area contributed by atoms with Gasteiger partial charge in [0.1, 0.15) is 11.6 Å². The predicted molar refractivity (Wildman–Crippen MR) is 143 cm³/mol. The molecule has 0 aliphatic carbocycles. The van der Waals surface area contributed by atoms with Gasteiger partial charge in [0.2, 0.25) is 5.91 Å². The Labute approximate surface area is 226 Å². The molecule has 0 radical (unpaired) electrons. The number of carbonyl (C=O) groups excluding carboxylic acids is 2. The normalized spacial score (nSPS) is 16.2. The summed E-state index contributed by atoms with van der Waals surface area (Å²) >= 11 is 1.06. The Morgan fingerprint density at radius 2 is 1.79 bits per heavy atom. The number of carbonyl (C=O) groups is 3. The number of hydrogen-bond donors (Lipinski definition) is 2. The maximum Gasteiger partial charge on any atom is 0.341 e. The van der Waals surface area contributed by atoms with E-state index in [1.165, 1.54) is 72.8 Å². The first-order chi connectivity index (χ1) is 18.7. The van der Waals surface area contributed by atoms with Gasteiger partial charge in [0, 0.05) is 12.0 Å². The van der Waals surface area contributed by atoms with Gasteiger partial charge in [-0.15, -0.1) is 5.10 Å². The molecule has 1 fully saturated rings. The van der Waals surface area contributed by atoms with Gasteiger partial charge in [-0.1, -0.05) is 11.8 Å². The molecule has 200 valence electrons. The van der Waals surface area contributed by atoms with Crippen molar-refractivity contribution in [1.82, 2.24) is 0 Å². The Hall–Kier alpha value is -4.71. The minimum Gasteiger partial charge on any atom is -0.508 e. The zero-order valence-electron chi connectivity index (χ0n) is 20.5. The van der Waals surface area contributed by atoms with Gasteiger partial charge in [-0.2, -0.15) is 5.10 Å². The summed E-state index contributed by atoms with van der Waals surface area (Å²) in [6.07, 6.45) is 1.27. The van der Waals surface area contributed by atoms with Crippen molar-refractivity contribution in [3.05, 3.63) is 83.7 Å². The van der Waals surface area contributed by atoms with Crippen molar-refractivity contribution < 1.29 is 38.5 Å². The standard InChI is InChI=1S/C27H22FN3O7S/c1-37-23-12-16(2-11-22(23)38-15-25(34)35)14-29-30-27-31(19-7-9-20(32)10-8-19)26(36)24(39-27)13-21(33)17-3-5-18(28)6-4-17/h2-12,14,24,32H,13,15H2,1H3,(H,34,35)/b29-14+,30-27-. The zero-order valence-corrected chi connectivity index (χ0v) is 21.3. The molecule has 0 spiro atoms. The highest BCUT2D eigenvalue weighted by atomic mass is 32.2. The molecule has 10 nitrogen and oxygen atoms in total. The van der Waals surface area contributed by atoms with Crippen LogP contribution in [0.4, 0.5) is 10.1 Å². The number of nitrogens with zero attached hydrogens (tertiary/aromatic N) is 3. The second kappa shape index (κ2) is 12.2. The highest BCUT2D eigenvalue weighted by molar-refractivity contribution is 8.16.